The summed E-state index contributed by atoms with van der Waals surface area (Å²) < 4.78 is 5.44. The molecule has 4 heterocycles. The Balaban J connectivity index is 1.59. The summed E-state index contributed by atoms with van der Waals surface area (Å²) in [6, 6.07) is 8.93. The number of pyridine rings is 1. The number of rotatable bonds is 4. The number of benzene rings is 1. The maximum absolute atomic E-state index is 13.7. The SMILES string of the molecule is COc1ccc2c3c([nH]c2c1)[C@@H](CO)N(C(=O)c1cccnc1)CC31CCN(C(=O)NC(C)C)CC1. The lowest BCUT2D eigenvalue weighted by atomic mass is 9.68. The number of likely N-dealkylation sites (tertiary alicyclic amines) is 1. The molecule has 3 N–H and O–H groups in total. The van der Waals surface area contributed by atoms with Crippen LogP contribution in [0.15, 0.2) is 42.7 Å². The molecule has 3 aromatic rings. The third-order valence-electron chi connectivity index (χ3n) is 7.51. The van der Waals surface area contributed by atoms with Gasteiger partial charge >= 0.3 is 6.03 Å². The van der Waals surface area contributed by atoms with Crippen LogP contribution in [-0.2, 0) is 5.41 Å². The fourth-order valence-corrected chi connectivity index (χ4v) is 5.76. The summed E-state index contributed by atoms with van der Waals surface area (Å²) >= 11 is 0. The van der Waals surface area contributed by atoms with Crippen LogP contribution < -0.4 is 10.1 Å². The number of aliphatic hydroxyl groups excluding tert-OH is 1. The van der Waals surface area contributed by atoms with E-state index in [0.29, 0.717) is 38.0 Å². The van der Waals surface area contributed by atoms with E-state index in [1.54, 1.807) is 36.5 Å². The van der Waals surface area contributed by atoms with Gasteiger partial charge in [-0.2, -0.15) is 0 Å². The van der Waals surface area contributed by atoms with Gasteiger partial charge in [0.2, 0.25) is 0 Å². The molecule has 9 heteroatoms. The number of aromatic nitrogens is 2. The second kappa shape index (κ2) is 9.46. The van der Waals surface area contributed by atoms with Gasteiger partial charge in [0.25, 0.3) is 5.91 Å². The van der Waals surface area contributed by atoms with E-state index in [4.69, 9.17) is 4.74 Å². The summed E-state index contributed by atoms with van der Waals surface area (Å²) in [5.41, 5.74) is 3.02. The predicted octanol–water partition coefficient (Wildman–Crippen LogP) is 3.21. The Morgan fingerprint density at radius 2 is 2.06 bits per heavy atom. The number of nitrogens with one attached hydrogen (secondary N) is 2. The first-order valence-electron chi connectivity index (χ1n) is 12.4. The van der Waals surface area contributed by atoms with Crippen molar-refractivity contribution in [3.8, 4) is 5.75 Å². The van der Waals surface area contributed by atoms with Crippen LogP contribution in [0.5, 0.6) is 5.75 Å². The fourth-order valence-electron chi connectivity index (χ4n) is 5.76. The number of ether oxygens (including phenoxy) is 1. The maximum Gasteiger partial charge on any atom is 0.317 e. The van der Waals surface area contributed by atoms with Crippen LogP contribution in [0.25, 0.3) is 10.9 Å². The number of carbonyl (C=O) groups excluding carboxylic acids is 2. The van der Waals surface area contributed by atoms with Crippen LogP contribution in [0.1, 0.15) is 54.3 Å². The number of H-pyrrole nitrogens is 1. The van der Waals surface area contributed by atoms with E-state index in [0.717, 1.165) is 27.9 Å². The molecule has 5 rings (SSSR count). The largest absolute Gasteiger partial charge is 0.497 e. The molecule has 1 saturated heterocycles. The van der Waals surface area contributed by atoms with Crippen molar-refractivity contribution in [1.82, 2.24) is 25.1 Å². The van der Waals surface area contributed by atoms with Gasteiger partial charge in [-0.05, 0) is 56.5 Å². The third-order valence-corrected chi connectivity index (χ3v) is 7.51. The van der Waals surface area contributed by atoms with E-state index in [-0.39, 0.29) is 30.0 Å². The second-order valence-corrected chi connectivity index (χ2v) is 10.1. The monoisotopic (exact) mass is 491 g/mol. The number of carbonyl (C=O) groups is 2. The van der Waals surface area contributed by atoms with Gasteiger partial charge in [-0.25, -0.2) is 4.79 Å². The number of methoxy groups -OCH3 is 1. The lowest BCUT2D eigenvalue weighted by Crippen LogP contribution is -2.57. The number of amides is 3. The molecule has 0 radical (unpaired) electrons. The number of aromatic amines is 1. The highest BCUT2D eigenvalue weighted by molar-refractivity contribution is 5.95. The predicted molar refractivity (Wildman–Crippen MR) is 136 cm³/mol. The van der Waals surface area contributed by atoms with E-state index < -0.39 is 6.04 Å². The van der Waals surface area contributed by atoms with Gasteiger partial charge < -0.3 is 29.9 Å². The highest BCUT2D eigenvalue weighted by atomic mass is 16.5. The first-order valence-corrected chi connectivity index (χ1v) is 12.4. The zero-order chi connectivity index (χ0) is 25.4. The Kier molecular flexibility index (Phi) is 6.34. The summed E-state index contributed by atoms with van der Waals surface area (Å²) in [6.07, 6.45) is 4.62. The number of hydrogen-bond donors (Lipinski definition) is 3. The number of nitrogens with zero attached hydrogens (tertiary/aromatic N) is 3. The van der Waals surface area contributed by atoms with Gasteiger partial charge in [-0.1, -0.05) is 0 Å². The Hall–Kier alpha value is -3.59. The minimum absolute atomic E-state index is 0.0592. The highest BCUT2D eigenvalue weighted by Gasteiger charge is 2.49. The van der Waals surface area contributed by atoms with E-state index in [1.165, 1.54) is 0 Å². The average Bonchev–Trinajstić information content (AvgIpc) is 3.28. The summed E-state index contributed by atoms with van der Waals surface area (Å²) in [6.45, 7) is 5.32. The fraction of sp³-hybridized carbons (Fsp3) is 0.444. The summed E-state index contributed by atoms with van der Waals surface area (Å²) in [4.78, 5) is 37.7. The van der Waals surface area contributed by atoms with Crippen LogP contribution in [0, 0.1) is 0 Å². The number of hydrogen-bond acceptors (Lipinski definition) is 5. The molecule has 1 fully saturated rings. The quantitative estimate of drug-likeness (QED) is 0.519. The first kappa shape index (κ1) is 24.1. The number of fused-ring (bicyclic) bond motifs is 4. The summed E-state index contributed by atoms with van der Waals surface area (Å²) in [7, 11) is 1.63. The molecule has 1 aromatic carbocycles. The Morgan fingerprint density at radius 3 is 2.69 bits per heavy atom. The topological polar surface area (TPSA) is 111 Å². The van der Waals surface area contributed by atoms with E-state index in [9.17, 15) is 14.7 Å². The molecule has 190 valence electrons. The van der Waals surface area contributed by atoms with Gasteiger partial charge in [0.15, 0.2) is 0 Å². The molecule has 1 spiro atoms. The number of piperidine rings is 1. The number of aliphatic hydroxyl groups is 1. The van der Waals surface area contributed by atoms with Gasteiger partial charge in [0.1, 0.15) is 5.75 Å². The average molecular weight is 492 g/mol. The van der Waals surface area contributed by atoms with Crippen molar-refractivity contribution in [3.05, 3.63) is 59.5 Å². The smallest absolute Gasteiger partial charge is 0.317 e. The van der Waals surface area contributed by atoms with E-state index in [2.05, 4.69) is 21.4 Å². The van der Waals surface area contributed by atoms with Crippen molar-refractivity contribution < 1.29 is 19.4 Å². The summed E-state index contributed by atoms with van der Waals surface area (Å²) in [5, 5.41) is 14.6. The van der Waals surface area contributed by atoms with E-state index in [1.807, 2.05) is 30.9 Å². The van der Waals surface area contributed by atoms with Crippen molar-refractivity contribution >= 4 is 22.8 Å². The van der Waals surface area contributed by atoms with Gasteiger partial charge in [0.05, 0.1) is 25.3 Å². The van der Waals surface area contributed by atoms with Gasteiger partial charge in [-0.15, -0.1) is 0 Å². The van der Waals surface area contributed by atoms with Crippen LogP contribution in [0.2, 0.25) is 0 Å². The van der Waals surface area contributed by atoms with Crippen molar-refractivity contribution in [2.45, 2.75) is 44.2 Å². The molecule has 2 aliphatic heterocycles. The molecule has 1 atom stereocenters. The molecular weight excluding hydrogens is 458 g/mol. The minimum Gasteiger partial charge on any atom is -0.497 e. The van der Waals surface area contributed by atoms with Gasteiger partial charge in [-0.3, -0.25) is 9.78 Å². The lowest BCUT2D eigenvalue weighted by molar-refractivity contribution is 0.0366. The molecule has 0 aliphatic carbocycles. The molecule has 2 aliphatic rings. The zero-order valence-electron chi connectivity index (χ0n) is 21.0. The third kappa shape index (κ3) is 4.07. The zero-order valence-corrected chi connectivity index (χ0v) is 21.0. The molecule has 0 bridgehead atoms. The lowest BCUT2D eigenvalue weighted by Gasteiger charge is -2.50. The number of urea groups is 1. The van der Waals surface area contributed by atoms with Crippen LogP contribution in [0.4, 0.5) is 4.79 Å². The van der Waals surface area contributed by atoms with Crippen molar-refractivity contribution in [1.29, 1.82) is 0 Å². The van der Waals surface area contributed by atoms with Crippen LogP contribution in [0.3, 0.4) is 0 Å². The van der Waals surface area contributed by atoms with Crippen LogP contribution in [-0.4, -0.2) is 76.2 Å². The Labute approximate surface area is 210 Å². The molecule has 3 amide bonds. The summed E-state index contributed by atoms with van der Waals surface area (Å²) in [5.74, 6) is 0.572. The van der Waals surface area contributed by atoms with Gasteiger partial charge in [0, 0.05) is 66.1 Å². The normalized spacial score (nSPS) is 19.0. The molecule has 0 unspecified atom stereocenters. The maximum atomic E-state index is 13.7. The first-order chi connectivity index (χ1) is 17.4. The molecule has 36 heavy (non-hydrogen) atoms. The standard InChI is InChI=1S/C27H33N5O4/c1-17(2)29-26(35)31-11-8-27(9-12-31)16-32(25(34)18-5-4-10-28-14-18)22(15-33)24-23(27)20-7-6-19(36-3)13-21(20)30-24/h4-7,10,13-14,17,22,30,33H,8-9,11-12,15-16H2,1-3H3,(H,29,35)/t22-/m1/s1. The molecule has 9 nitrogen and oxygen atoms in total. The van der Waals surface area contributed by atoms with Crippen molar-refractivity contribution in [3.63, 3.8) is 0 Å². The molecular formula is C27H33N5O4. The Morgan fingerprint density at radius 1 is 1.28 bits per heavy atom. The Bertz CT molecular complexity index is 1260. The minimum atomic E-state index is -0.515. The second-order valence-electron chi connectivity index (χ2n) is 10.1. The van der Waals surface area contributed by atoms with Crippen molar-refractivity contribution in [2.24, 2.45) is 0 Å². The van der Waals surface area contributed by atoms with Crippen LogP contribution >= 0.6 is 0 Å². The molecule has 2 aromatic heterocycles. The molecule has 0 saturated carbocycles. The van der Waals surface area contributed by atoms with Crippen molar-refractivity contribution in [2.75, 3.05) is 33.4 Å². The van der Waals surface area contributed by atoms with E-state index >= 15 is 0 Å². The highest BCUT2D eigenvalue weighted by Crippen LogP contribution is 2.49.